The smallest absolute Gasteiger partial charge is 0.264 e. The van der Waals surface area contributed by atoms with E-state index in [1.807, 2.05) is 31.2 Å². The molecular formula is C19H17N3O3S. The molecule has 3 N–H and O–H groups in total. The van der Waals surface area contributed by atoms with Crippen LogP contribution in [0.3, 0.4) is 0 Å². The third kappa shape index (κ3) is 4.73. The molecule has 0 saturated carbocycles. The van der Waals surface area contributed by atoms with Crippen molar-refractivity contribution in [3.05, 3.63) is 64.6 Å². The van der Waals surface area contributed by atoms with Crippen LogP contribution in [-0.4, -0.2) is 23.6 Å². The van der Waals surface area contributed by atoms with Crippen molar-refractivity contribution in [1.82, 2.24) is 5.32 Å². The van der Waals surface area contributed by atoms with Crippen molar-refractivity contribution >= 4 is 40.5 Å². The predicted molar refractivity (Wildman–Crippen MR) is 103 cm³/mol. The summed E-state index contributed by atoms with van der Waals surface area (Å²) in [6, 6.07) is 14.8. The fraction of sp³-hybridized carbons (Fsp3) is 0.105. The van der Waals surface area contributed by atoms with Gasteiger partial charge in [-0.05, 0) is 60.2 Å². The maximum atomic E-state index is 12.1. The summed E-state index contributed by atoms with van der Waals surface area (Å²) in [5.41, 5.74) is 7.78. The van der Waals surface area contributed by atoms with Crippen LogP contribution in [0.25, 0.3) is 6.08 Å². The number of rotatable bonds is 5. The molecule has 6 nitrogen and oxygen atoms in total. The van der Waals surface area contributed by atoms with Crippen LogP contribution in [0.5, 0.6) is 5.75 Å². The Kier molecular flexibility index (Phi) is 5.38. The van der Waals surface area contributed by atoms with Gasteiger partial charge in [-0.2, -0.15) is 0 Å². The van der Waals surface area contributed by atoms with Crippen LogP contribution in [0.15, 0.2) is 58.4 Å². The molecule has 1 aliphatic rings. The molecule has 1 aliphatic heterocycles. The Labute approximate surface area is 155 Å². The second-order valence-corrected chi connectivity index (χ2v) is 6.68. The van der Waals surface area contributed by atoms with Gasteiger partial charge < -0.3 is 15.8 Å². The molecule has 0 aromatic heterocycles. The number of benzene rings is 2. The molecule has 2 aromatic rings. The fourth-order valence-electron chi connectivity index (χ4n) is 2.26. The molecule has 0 unspecified atom stereocenters. The van der Waals surface area contributed by atoms with Crippen LogP contribution in [0.4, 0.5) is 5.69 Å². The van der Waals surface area contributed by atoms with Crippen LogP contribution < -0.4 is 15.8 Å². The first-order valence-electron chi connectivity index (χ1n) is 7.87. The molecule has 3 rings (SSSR count). The highest BCUT2D eigenvalue weighted by Gasteiger charge is 2.23. The number of amidine groups is 1. The zero-order valence-electron chi connectivity index (χ0n) is 14.1. The molecule has 2 aromatic carbocycles. The molecule has 1 saturated heterocycles. The summed E-state index contributed by atoms with van der Waals surface area (Å²) in [5, 5.41) is 3.32. The largest absolute Gasteiger partial charge is 0.484 e. The zero-order valence-corrected chi connectivity index (χ0v) is 14.9. The van der Waals surface area contributed by atoms with E-state index in [1.54, 1.807) is 30.3 Å². The van der Waals surface area contributed by atoms with Gasteiger partial charge in [0.15, 0.2) is 11.8 Å². The first kappa shape index (κ1) is 17.8. The molecule has 132 valence electrons. The topological polar surface area (TPSA) is 93.8 Å². The SMILES string of the molecule is Cc1cccc(N=C2NC(=O)/C(=C/c3ccc(OCC(N)=O)cc3)S2)c1. The standard InChI is InChI=1S/C19H17N3O3S/c1-12-3-2-4-14(9-12)21-19-22-18(24)16(26-19)10-13-5-7-15(8-6-13)25-11-17(20)23/h2-10H,11H2,1H3,(H2,20,23)(H,21,22,24)/b16-10-. The van der Waals surface area contributed by atoms with E-state index < -0.39 is 5.91 Å². The zero-order chi connectivity index (χ0) is 18.5. The number of nitrogens with two attached hydrogens (primary N) is 1. The number of carbonyl (C=O) groups excluding carboxylic acids is 2. The van der Waals surface area contributed by atoms with Crippen LogP contribution in [-0.2, 0) is 9.59 Å². The molecule has 0 aliphatic carbocycles. The molecule has 0 radical (unpaired) electrons. The third-order valence-corrected chi connectivity index (χ3v) is 4.35. The lowest BCUT2D eigenvalue weighted by atomic mass is 10.2. The molecule has 2 amide bonds. The van der Waals surface area contributed by atoms with Crippen molar-refractivity contribution in [1.29, 1.82) is 0 Å². The van der Waals surface area contributed by atoms with E-state index in [2.05, 4.69) is 10.3 Å². The van der Waals surface area contributed by atoms with Crippen LogP contribution >= 0.6 is 11.8 Å². The van der Waals surface area contributed by atoms with Crippen LogP contribution in [0, 0.1) is 6.92 Å². The Balaban J connectivity index is 1.71. The Morgan fingerprint density at radius 2 is 2.04 bits per heavy atom. The number of nitrogens with zero attached hydrogens (tertiary/aromatic N) is 1. The normalized spacial score (nSPS) is 16.7. The van der Waals surface area contributed by atoms with Gasteiger partial charge in [-0.25, -0.2) is 4.99 Å². The number of thioether (sulfide) groups is 1. The van der Waals surface area contributed by atoms with Gasteiger partial charge >= 0.3 is 0 Å². The van der Waals surface area contributed by atoms with Crippen molar-refractivity contribution in [3.63, 3.8) is 0 Å². The van der Waals surface area contributed by atoms with E-state index in [0.29, 0.717) is 15.8 Å². The van der Waals surface area contributed by atoms with Gasteiger partial charge in [0.05, 0.1) is 10.6 Å². The Morgan fingerprint density at radius 3 is 2.73 bits per heavy atom. The highest BCUT2D eigenvalue weighted by molar-refractivity contribution is 8.18. The first-order chi connectivity index (χ1) is 12.5. The number of ether oxygens (including phenoxy) is 1. The van der Waals surface area contributed by atoms with E-state index >= 15 is 0 Å². The van der Waals surface area contributed by atoms with Crippen molar-refractivity contribution in [2.75, 3.05) is 6.61 Å². The van der Waals surface area contributed by atoms with Gasteiger partial charge in [-0.1, -0.05) is 24.3 Å². The lowest BCUT2D eigenvalue weighted by molar-refractivity contribution is -0.120. The summed E-state index contributed by atoms with van der Waals surface area (Å²) in [5.74, 6) is -0.178. The van der Waals surface area contributed by atoms with E-state index in [9.17, 15) is 9.59 Å². The second kappa shape index (κ2) is 7.88. The van der Waals surface area contributed by atoms with Gasteiger partial charge in [-0.15, -0.1) is 0 Å². The molecule has 26 heavy (non-hydrogen) atoms. The first-order valence-corrected chi connectivity index (χ1v) is 8.69. The summed E-state index contributed by atoms with van der Waals surface area (Å²) in [7, 11) is 0. The van der Waals surface area contributed by atoms with Gasteiger partial charge in [-0.3, -0.25) is 9.59 Å². The molecule has 0 spiro atoms. The monoisotopic (exact) mass is 367 g/mol. The maximum absolute atomic E-state index is 12.1. The minimum atomic E-state index is -0.532. The summed E-state index contributed by atoms with van der Waals surface area (Å²) in [4.78, 5) is 27.9. The van der Waals surface area contributed by atoms with E-state index in [4.69, 9.17) is 10.5 Å². The number of hydrogen-bond donors (Lipinski definition) is 2. The summed E-state index contributed by atoms with van der Waals surface area (Å²) in [6.07, 6.45) is 1.77. The van der Waals surface area contributed by atoms with Crippen molar-refractivity contribution in [2.24, 2.45) is 10.7 Å². The highest BCUT2D eigenvalue weighted by atomic mass is 32.2. The average molecular weight is 367 g/mol. The van der Waals surface area contributed by atoms with E-state index in [1.165, 1.54) is 11.8 Å². The molecule has 7 heteroatoms. The number of amides is 2. The molecule has 0 bridgehead atoms. The number of carbonyl (C=O) groups is 2. The summed E-state index contributed by atoms with van der Waals surface area (Å²) in [6.45, 7) is 1.82. The molecular weight excluding hydrogens is 350 g/mol. The Hall–Kier alpha value is -3.06. The molecule has 0 atom stereocenters. The van der Waals surface area contributed by atoms with Crippen molar-refractivity contribution < 1.29 is 14.3 Å². The molecule has 1 heterocycles. The number of aryl methyl sites for hydroxylation is 1. The van der Waals surface area contributed by atoms with Gasteiger partial charge in [0.1, 0.15) is 5.75 Å². The average Bonchev–Trinajstić information content (AvgIpc) is 2.93. The number of primary amides is 1. The minimum Gasteiger partial charge on any atom is -0.484 e. The fourth-order valence-corrected chi connectivity index (χ4v) is 3.10. The quantitative estimate of drug-likeness (QED) is 0.795. The molecule has 1 fully saturated rings. The third-order valence-electron chi connectivity index (χ3n) is 3.44. The van der Waals surface area contributed by atoms with Crippen molar-refractivity contribution in [3.8, 4) is 5.75 Å². The second-order valence-electron chi connectivity index (χ2n) is 5.64. The highest BCUT2D eigenvalue weighted by Crippen LogP contribution is 2.28. The van der Waals surface area contributed by atoms with Crippen molar-refractivity contribution in [2.45, 2.75) is 6.92 Å². The van der Waals surface area contributed by atoms with Gasteiger partial charge in [0, 0.05) is 0 Å². The summed E-state index contributed by atoms with van der Waals surface area (Å²) < 4.78 is 5.21. The predicted octanol–water partition coefficient (Wildman–Crippen LogP) is 2.75. The summed E-state index contributed by atoms with van der Waals surface area (Å²) >= 11 is 1.29. The van der Waals surface area contributed by atoms with E-state index in [0.717, 1.165) is 16.8 Å². The van der Waals surface area contributed by atoms with Gasteiger partial charge in [0.2, 0.25) is 0 Å². The Morgan fingerprint density at radius 1 is 1.27 bits per heavy atom. The minimum absolute atomic E-state index is 0.169. The lowest BCUT2D eigenvalue weighted by Crippen LogP contribution is -2.20. The Bertz CT molecular complexity index is 905. The number of hydrogen-bond acceptors (Lipinski definition) is 5. The van der Waals surface area contributed by atoms with Gasteiger partial charge in [0.25, 0.3) is 11.8 Å². The number of nitrogens with one attached hydrogen (secondary N) is 1. The van der Waals surface area contributed by atoms with Crippen LogP contribution in [0.2, 0.25) is 0 Å². The lowest BCUT2D eigenvalue weighted by Gasteiger charge is -2.03. The van der Waals surface area contributed by atoms with E-state index in [-0.39, 0.29) is 12.5 Å². The van der Waals surface area contributed by atoms with Crippen LogP contribution in [0.1, 0.15) is 11.1 Å². The maximum Gasteiger partial charge on any atom is 0.264 e. The number of aliphatic imine (C=N–C) groups is 1.